The largest absolute Gasteiger partial charge is 0.508 e. The monoisotopic (exact) mass is 400 g/mol. The molecule has 1 aromatic rings. The third-order valence-electron chi connectivity index (χ3n) is 4.97. The van der Waals surface area contributed by atoms with Crippen LogP contribution in [0.1, 0.15) is 96.0 Å². The average molecular weight is 401 g/mol. The smallest absolute Gasteiger partial charge is 0.298 e. The summed E-state index contributed by atoms with van der Waals surface area (Å²) in [4.78, 5) is -0.632. The summed E-state index contributed by atoms with van der Waals surface area (Å²) in [6.45, 7) is 2.24. The van der Waals surface area contributed by atoms with E-state index in [0.29, 0.717) is 12.0 Å². The summed E-state index contributed by atoms with van der Waals surface area (Å²) in [7, 11) is -4.55. The quantitative estimate of drug-likeness (QED) is 0.191. The molecule has 0 unspecified atom stereocenters. The van der Waals surface area contributed by atoms with E-state index < -0.39 is 20.8 Å². The first kappa shape index (κ1) is 23.8. The minimum atomic E-state index is -4.55. The van der Waals surface area contributed by atoms with E-state index >= 15 is 0 Å². The average Bonchev–Trinajstić information content (AvgIpc) is 2.60. The highest BCUT2D eigenvalue weighted by Gasteiger charge is 2.19. The van der Waals surface area contributed by atoms with Gasteiger partial charge in [-0.1, -0.05) is 84.0 Å². The van der Waals surface area contributed by atoms with Crippen LogP contribution in [0.15, 0.2) is 17.0 Å². The fourth-order valence-corrected chi connectivity index (χ4v) is 4.01. The molecule has 0 aromatic heterocycles. The van der Waals surface area contributed by atoms with E-state index in [-0.39, 0.29) is 5.75 Å². The zero-order chi connectivity index (χ0) is 20.1. The van der Waals surface area contributed by atoms with Gasteiger partial charge >= 0.3 is 0 Å². The molecule has 0 spiro atoms. The zero-order valence-corrected chi connectivity index (χ0v) is 17.4. The summed E-state index contributed by atoms with van der Waals surface area (Å²) in [5.41, 5.74) is 0.352. The molecular formula is C21H36O5S. The summed E-state index contributed by atoms with van der Waals surface area (Å²) in [6.07, 6.45) is 16.5. The minimum Gasteiger partial charge on any atom is -0.508 e. The predicted molar refractivity (Wildman–Crippen MR) is 109 cm³/mol. The lowest BCUT2D eigenvalue weighted by atomic mass is 10.0. The third kappa shape index (κ3) is 10.0. The number of rotatable bonds is 15. The summed E-state index contributed by atoms with van der Waals surface area (Å²) < 4.78 is 31.6. The Morgan fingerprint density at radius 1 is 0.741 bits per heavy atom. The van der Waals surface area contributed by atoms with Crippen LogP contribution >= 0.6 is 0 Å². The molecule has 6 heteroatoms. The molecule has 0 bridgehead atoms. The summed E-state index contributed by atoms with van der Waals surface area (Å²) >= 11 is 0. The Balaban J connectivity index is 2.15. The maximum absolute atomic E-state index is 11.2. The van der Waals surface area contributed by atoms with Gasteiger partial charge in [0.25, 0.3) is 10.1 Å². The van der Waals surface area contributed by atoms with Gasteiger partial charge in [0.1, 0.15) is 16.4 Å². The Bertz CT molecular complexity index is 640. The van der Waals surface area contributed by atoms with Crippen LogP contribution in [0, 0.1) is 0 Å². The van der Waals surface area contributed by atoms with Gasteiger partial charge in [-0.3, -0.25) is 4.55 Å². The lowest BCUT2D eigenvalue weighted by Gasteiger charge is -2.09. The number of aromatic hydroxyl groups is 2. The Hall–Kier alpha value is -1.27. The van der Waals surface area contributed by atoms with Crippen LogP contribution in [-0.2, 0) is 16.5 Å². The van der Waals surface area contributed by atoms with Gasteiger partial charge < -0.3 is 10.2 Å². The second kappa shape index (κ2) is 13.0. The van der Waals surface area contributed by atoms with E-state index in [1.165, 1.54) is 70.3 Å². The molecule has 0 radical (unpaired) electrons. The van der Waals surface area contributed by atoms with Crippen molar-refractivity contribution < 1.29 is 23.2 Å². The first-order valence-electron chi connectivity index (χ1n) is 10.4. The fourth-order valence-electron chi connectivity index (χ4n) is 3.37. The standard InChI is InChI=1S/C21H36O5S/c1-2-3-4-5-6-7-8-9-10-11-12-13-14-15-18-16-19(22)17-20(21(18)23)27(24,25)26/h16-17,22-23H,2-15H2,1H3,(H,24,25,26). The van der Waals surface area contributed by atoms with Crippen LogP contribution in [0.25, 0.3) is 0 Å². The molecule has 0 fully saturated rings. The number of phenols is 2. The van der Waals surface area contributed by atoms with Crippen molar-refractivity contribution in [3.63, 3.8) is 0 Å². The highest BCUT2D eigenvalue weighted by molar-refractivity contribution is 7.86. The number of benzene rings is 1. The van der Waals surface area contributed by atoms with E-state index in [1.54, 1.807) is 0 Å². The molecule has 0 heterocycles. The summed E-state index contributed by atoms with van der Waals surface area (Å²) in [5.74, 6) is -0.737. The van der Waals surface area contributed by atoms with Crippen molar-refractivity contribution in [2.45, 2.75) is 102 Å². The number of hydrogen-bond acceptors (Lipinski definition) is 4. The second-order valence-corrected chi connectivity index (χ2v) is 8.81. The van der Waals surface area contributed by atoms with Crippen LogP contribution in [0.2, 0.25) is 0 Å². The highest BCUT2D eigenvalue weighted by atomic mass is 32.2. The molecule has 0 saturated carbocycles. The van der Waals surface area contributed by atoms with Crippen LogP contribution in [0.4, 0.5) is 0 Å². The van der Waals surface area contributed by atoms with Gasteiger partial charge in [-0.25, -0.2) is 0 Å². The lowest BCUT2D eigenvalue weighted by Crippen LogP contribution is -2.00. The van der Waals surface area contributed by atoms with Gasteiger partial charge in [0.15, 0.2) is 0 Å². The molecule has 0 amide bonds. The van der Waals surface area contributed by atoms with E-state index in [0.717, 1.165) is 25.3 Å². The van der Waals surface area contributed by atoms with Crippen LogP contribution < -0.4 is 0 Å². The van der Waals surface area contributed by atoms with Crippen LogP contribution in [0.3, 0.4) is 0 Å². The topological polar surface area (TPSA) is 94.8 Å². The molecule has 5 nitrogen and oxygen atoms in total. The Morgan fingerprint density at radius 2 is 1.19 bits per heavy atom. The predicted octanol–water partition coefficient (Wildman–Crippen LogP) is 5.98. The normalized spacial score (nSPS) is 11.8. The van der Waals surface area contributed by atoms with Gasteiger partial charge in [-0.2, -0.15) is 8.42 Å². The Kier molecular flexibility index (Phi) is 11.4. The fraction of sp³-hybridized carbons (Fsp3) is 0.714. The molecule has 1 aromatic carbocycles. The zero-order valence-electron chi connectivity index (χ0n) is 16.6. The number of phenolic OH excluding ortho intramolecular Hbond substituents is 2. The molecule has 0 saturated heterocycles. The number of aryl methyl sites for hydroxylation is 1. The van der Waals surface area contributed by atoms with Gasteiger partial charge in [0.05, 0.1) is 0 Å². The highest BCUT2D eigenvalue weighted by Crippen LogP contribution is 2.32. The van der Waals surface area contributed by atoms with Crippen molar-refractivity contribution in [3.05, 3.63) is 17.7 Å². The van der Waals surface area contributed by atoms with E-state index in [1.807, 2.05) is 0 Å². The molecule has 0 aliphatic carbocycles. The minimum absolute atomic E-state index is 0.273. The number of hydrogen-bond donors (Lipinski definition) is 3. The second-order valence-electron chi connectivity index (χ2n) is 7.42. The van der Waals surface area contributed by atoms with Gasteiger partial charge in [0, 0.05) is 6.07 Å². The van der Waals surface area contributed by atoms with Crippen molar-refractivity contribution in [1.29, 1.82) is 0 Å². The van der Waals surface area contributed by atoms with Gasteiger partial charge in [0.2, 0.25) is 0 Å². The number of unbranched alkanes of at least 4 members (excludes halogenated alkanes) is 12. The Labute approximate surface area is 164 Å². The van der Waals surface area contributed by atoms with Crippen molar-refractivity contribution in [1.82, 2.24) is 0 Å². The van der Waals surface area contributed by atoms with Crippen molar-refractivity contribution in [2.24, 2.45) is 0 Å². The summed E-state index contributed by atoms with van der Waals surface area (Å²) in [6, 6.07) is 2.21. The first-order chi connectivity index (χ1) is 12.9. The van der Waals surface area contributed by atoms with Crippen LogP contribution in [-0.4, -0.2) is 23.2 Å². The summed E-state index contributed by atoms with van der Waals surface area (Å²) in [5, 5.41) is 19.6. The molecule has 3 N–H and O–H groups in total. The van der Waals surface area contributed by atoms with E-state index in [9.17, 15) is 18.6 Å². The molecule has 27 heavy (non-hydrogen) atoms. The van der Waals surface area contributed by atoms with E-state index in [4.69, 9.17) is 4.55 Å². The lowest BCUT2D eigenvalue weighted by molar-refractivity contribution is 0.426. The van der Waals surface area contributed by atoms with Crippen molar-refractivity contribution >= 4 is 10.1 Å². The van der Waals surface area contributed by atoms with Crippen LogP contribution in [0.5, 0.6) is 11.5 Å². The maximum Gasteiger partial charge on any atom is 0.298 e. The van der Waals surface area contributed by atoms with Crippen molar-refractivity contribution in [3.8, 4) is 11.5 Å². The van der Waals surface area contributed by atoms with Gasteiger partial charge in [-0.05, 0) is 24.5 Å². The van der Waals surface area contributed by atoms with Gasteiger partial charge in [-0.15, -0.1) is 0 Å². The molecule has 0 atom stereocenters. The van der Waals surface area contributed by atoms with Crippen molar-refractivity contribution in [2.75, 3.05) is 0 Å². The Morgan fingerprint density at radius 3 is 1.63 bits per heavy atom. The third-order valence-corrected chi connectivity index (χ3v) is 5.83. The maximum atomic E-state index is 11.2. The molecule has 0 aliphatic heterocycles. The first-order valence-corrected chi connectivity index (χ1v) is 11.8. The molecule has 1 rings (SSSR count). The molecular weight excluding hydrogens is 364 g/mol. The SMILES string of the molecule is CCCCCCCCCCCCCCCc1cc(O)cc(S(=O)(=O)O)c1O. The van der Waals surface area contributed by atoms with E-state index in [2.05, 4.69) is 6.92 Å². The molecule has 0 aliphatic rings. The molecule has 156 valence electrons.